The number of nitro benzene ring substituents is 1. The number of hydrogen-bond acceptors (Lipinski definition) is 6. The van der Waals surface area contributed by atoms with Crippen LogP contribution in [0.2, 0.25) is 0 Å². The Labute approximate surface area is 153 Å². The van der Waals surface area contributed by atoms with Gasteiger partial charge in [0.2, 0.25) is 0 Å². The number of halogens is 1. The topological polar surface area (TPSA) is 74.5 Å². The van der Waals surface area contributed by atoms with Crippen molar-refractivity contribution >= 4 is 17.0 Å². The maximum absolute atomic E-state index is 12.9. The molecule has 3 rings (SSSR count). The van der Waals surface area contributed by atoms with Gasteiger partial charge >= 0.3 is 5.69 Å². The lowest BCUT2D eigenvalue weighted by atomic mass is 10.2. The van der Waals surface area contributed by atoms with E-state index in [0.29, 0.717) is 11.4 Å². The molecule has 8 heteroatoms. The van der Waals surface area contributed by atoms with E-state index >= 15 is 0 Å². The van der Waals surface area contributed by atoms with E-state index in [-0.39, 0.29) is 30.5 Å². The Morgan fingerprint density at radius 1 is 1.15 bits per heavy atom. The third kappa shape index (κ3) is 4.54. The van der Waals surface area contributed by atoms with Gasteiger partial charge < -0.3 is 9.47 Å². The molecule has 26 heavy (non-hydrogen) atoms. The molecule has 0 aliphatic heterocycles. The molecule has 0 bridgehead atoms. The summed E-state index contributed by atoms with van der Waals surface area (Å²) in [5.41, 5.74) is 1.45. The summed E-state index contributed by atoms with van der Waals surface area (Å²) in [6.45, 7) is 2.21. The van der Waals surface area contributed by atoms with Gasteiger partial charge in [-0.1, -0.05) is 6.07 Å². The van der Waals surface area contributed by atoms with Gasteiger partial charge in [0.25, 0.3) is 0 Å². The highest BCUT2D eigenvalue weighted by Crippen LogP contribution is 2.28. The van der Waals surface area contributed by atoms with Crippen LogP contribution in [-0.2, 0) is 13.2 Å². The molecule has 0 N–H and O–H groups in total. The summed E-state index contributed by atoms with van der Waals surface area (Å²) in [7, 11) is 0. The Balaban J connectivity index is 1.59. The zero-order chi connectivity index (χ0) is 18.5. The normalized spacial score (nSPS) is 10.5. The highest BCUT2D eigenvalue weighted by atomic mass is 32.1. The van der Waals surface area contributed by atoms with Crippen LogP contribution in [0.1, 0.15) is 16.3 Å². The lowest BCUT2D eigenvalue weighted by Gasteiger charge is -2.06. The number of hydrogen-bond donors (Lipinski definition) is 0. The number of aromatic nitrogens is 1. The molecule has 0 saturated heterocycles. The standard InChI is InChI=1S/C18H15FN2O4S/c1-12-2-7-16(21(22)23)17(8-12)25-9-14-11-26-18(20-14)10-24-15-5-3-13(19)4-6-15/h2-8,11H,9-10H2,1H3. The van der Waals surface area contributed by atoms with Crippen LogP contribution in [0, 0.1) is 22.9 Å². The zero-order valence-electron chi connectivity index (χ0n) is 13.8. The van der Waals surface area contributed by atoms with Crippen molar-refractivity contribution in [3.8, 4) is 11.5 Å². The molecular formula is C18H15FN2O4S. The first-order valence-electron chi connectivity index (χ1n) is 7.71. The van der Waals surface area contributed by atoms with E-state index in [4.69, 9.17) is 9.47 Å². The third-order valence-electron chi connectivity index (χ3n) is 3.46. The van der Waals surface area contributed by atoms with Gasteiger partial charge in [-0.2, -0.15) is 0 Å². The number of thiazole rings is 1. The Morgan fingerprint density at radius 2 is 1.92 bits per heavy atom. The highest BCUT2D eigenvalue weighted by molar-refractivity contribution is 7.09. The van der Waals surface area contributed by atoms with Gasteiger partial charge in [-0.25, -0.2) is 9.37 Å². The summed E-state index contributed by atoms with van der Waals surface area (Å²) in [5, 5.41) is 13.6. The minimum Gasteiger partial charge on any atom is -0.486 e. The average Bonchev–Trinajstić information content (AvgIpc) is 3.07. The molecular weight excluding hydrogens is 359 g/mol. The third-order valence-corrected chi connectivity index (χ3v) is 4.33. The molecule has 0 spiro atoms. The molecule has 1 aromatic heterocycles. The smallest absolute Gasteiger partial charge is 0.310 e. The summed E-state index contributed by atoms with van der Waals surface area (Å²) in [4.78, 5) is 15.0. The van der Waals surface area contributed by atoms with Crippen molar-refractivity contribution in [1.82, 2.24) is 4.98 Å². The van der Waals surface area contributed by atoms with Crippen molar-refractivity contribution < 1.29 is 18.8 Å². The summed E-state index contributed by atoms with van der Waals surface area (Å²) < 4.78 is 24.0. The average molecular weight is 374 g/mol. The molecule has 3 aromatic rings. The number of rotatable bonds is 7. The lowest BCUT2D eigenvalue weighted by Crippen LogP contribution is -2.01. The van der Waals surface area contributed by atoms with Crippen LogP contribution in [0.25, 0.3) is 0 Å². The minimum absolute atomic E-state index is 0.0781. The SMILES string of the molecule is Cc1ccc([N+](=O)[O-])c(OCc2csc(COc3ccc(F)cc3)n2)c1. The van der Waals surface area contributed by atoms with Gasteiger partial charge in [-0.15, -0.1) is 11.3 Å². The van der Waals surface area contributed by atoms with Crippen molar-refractivity contribution in [3.05, 3.63) is 80.0 Å². The summed E-state index contributed by atoms with van der Waals surface area (Å²) in [6.07, 6.45) is 0. The van der Waals surface area contributed by atoms with Crippen molar-refractivity contribution in [3.63, 3.8) is 0 Å². The van der Waals surface area contributed by atoms with Gasteiger partial charge in [0.15, 0.2) is 5.75 Å². The highest BCUT2D eigenvalue weighted by Gasteiger charge is 2.15. The Bertz CT molecular complexity index is 912. The quantitative estimate of drug-likeness (QED) is 0.444. The second-order valence-electron chi connectivity index (χ2n) is 5.49. The molecule has 0 saturated carbocycles. The second kappa shape index (κ2) is 7.92. The monoisotopic (exact) mass is 374 g/mol. The lowest BCUT2D eigenvalue weighted by molar-refractivity contribution is -0.386. The number of benzene rings is 2. The molecule has 0 fully saturated rings. The van der Waals surface area contributed by atoms with Gasteiger partial charge in [-0.05, 0) is 42.8 Å². The van der Waals surface area contributed by atoms with Crippen LogP contribution >= 0.6 is 11.3 Å². The first-order chi connectivity index (χ1) is 12.5. The maximum atomic E-state index is 12.9. The fourth-order valence-electron chi connectivity index (χ4n) is 2.20. The van der Waals surface area contributed by atoms with Crippen LogP contribution in [0.3, 0.4) is 0 Å². The fourth-order valence-corrected chi connectivity index (χ4v) is 2.89. The van der Waals surface area contributed by atoms with E-state index in [9.17, 15) is 14.5 Å². The molecule has 0 aliphatic carbocycles. The number of aryl methyl sites for hydroxylation is 1. The van der Waals surface area contributed by atoms with Gasteiger partial charge in [0.05, 0.1) is 10.6 Å². The summed E-state index contributed by atoms with van der Waals surface area (Å²) >= 11 is 1.40. The molecule has 6 nitrogen and oxygen atoms in total. The van der Waals surface area contributed by atoms with Crippen molar-refractivity contribution in [2.45, 2.75) is 20.1 Å². The van der Waals surface area contributed by atoms with Crippen molar-refractivity contribution in [1.29, 1.82) is 0 Å². The van der Waals surface area contributed by atoms with E-state index < -0.39 is 4.92 Å². The summed E-state index contributed by atoms with van der Waals surface area (Å²) in [5.74, 6) is 0.443. The van der Waals surface area contributed by atoms with Crippen molar-refractivity contribution in [2.75, 3.05) is 0 Å². The molecule has 134 valence electrons. The fraction of sp³-hybridized carbons (Fsp3) is 0.167. The molecule has 1 heterocycles. The van der Waals surface area contributed by atoms with Crippen molar-refractivity contribution in [2.24, 2.45) is 0 Å². The first kappa shape index (κ1) is 17.8. The van der Waals surface area contributed by atoms with Gasteiger partial charge in [0, 0.05) is 11.4 Å². The Hall–Kier alpha value is -3.00. The van der Waals surface area contributed by atoms with E-state index in [1.54, 1.807) is 24.3 Å². The Kier molecular flexibility index (Phi) is 5.43. The predicted octanol–water partition coefficient (Wildman–Crippen LogP) is 4.66. The van der Waals surface area contributed by atoms with E-state index in [2.05, 4.69) is 4.98 Å². The predicted molar refractivity (Wildman–Crippen MR) is 95.0 cm³/mol. The molecule has 0 amide bonds. The number of ether oxygens (including phenoxy) is 2. The molecule has 2 aromatic carbocycles. The van der Waals surface area contributed by atoms with E-state index in [1.807, 2.05) is 12.3 Å². The number of nitro groups is 1. The molecule has 0 unspecified atom stereocenters. The van der Waals surface area contributed by atoms with Gasteiger partial charge in [-0.3, -0.25) is 10.1 Å². The minimum atomic E-state index is -0.474. The van der Waals surface area contributed by atoms with Crippen LogP contribution in [0.15, 0.2) is 47.8 Å². The van der Waals surface area contributed by atoms with E-state index in [0.717, 1.165) is 10.6 Å². The largest absolute Gasteiger partial charge is 0.486 e. The Morgan fingerprint density at radius 3 is 2.65 bits per heavy atom. The maximum Gasteiger partial charge on any atom is 0.310 e. The van der Waals surface area contributed by atoms with Crippen LogP contribution in [0.4, 0.5) is 10.1 Å². The molecule has 0 aliphatic rings. The van der Waals surface area contributed by atoms with Crippen LogP contribution in [-0.4, -0.2) is 9.91 Å². The molecule has 0 radical (unpaired) electrons. The van der Waals surface area contributed by atoms with Crippen LogP contribution < -0.4 is 9.47 Å². The summed E-state index contributed by atoms with van der Waals surface area (Å²) in [6, 6.07) is 10.5. The zero-order valence-corrected chi connectivity index (χ0v) is 14.7. The first-order valence-corrected chi connectivity index (χ1v) is 8.59. The van der Waals surface area contributed by atoms with Gasteiger partial charge in [0.1, 0.15) is 29.8 Å². The molecule has 0 atom stereocenters. The second-order valence-corrected chi connectivity index (χ2v) is 6.43. The number of nitrogens with zero attached hydrogens (tertiary/aromatic N) is 2. The van der Waals surface area contributed by atoms with E-state index in [1.165, 1.54) is 29.5 Å². The van der Waals surface area contributed by atoms with Crippen LogP contribution in [0.5, 0.6) is 11.5 Å².